The largest absolute Gasteiger partial charge is 0.497 e. The maximum atomic E-state index is 12.4. The number of hydrogen-bond donors (Lipinski definition) is 0. The Bertz CT molecular complexity index is 839. The highest BCUT2D eigenvalue weighted by Gasteiger charge is 2.47. The third kappa shape index (κ3) is 3.63. The smallest absolute Gasteiger partial charge is 0.219 e. The second-order valence-corrected chi connectivity index (χ2v) is 8.22. The number of rotatable bonds is 4. The topological polar surface area (TPSA) is 32.8 Å². The highest BCUT2D eigenvalue weighted by Crippen LogP contribution is 2.41. The minimum Gasteiger partial charge on any atom is -0.497 e. The first-order valence-corrected chi connectivity index (χ1v) is 10.3. The first-order chi connectivity index (χ1) is 13.6. The number of likely N-dealkylation sites (tertiary alicyclic amines) is 2. The summed E-state index contributed by atoms with van der Waals surface area (Å²) >= 11 is 6.45. The van der Waals surface area contributed by atoms with Gasteiger partial charge in [-0.15, -0.1) is 0 Å². The second-order valence-electron chi connectivity index (χ2n) is 7.81. The number of carbonyl (C=O) groups is 1. The van der Waals surface area contributed by atoms with Gasteiger partial charge in [-0.2, -0.15) is 0 Å². The molecule has 3 atom stereocenters. The van der Waals surface area contributed by atoms with Gasteiger partial charge in [0.2, 0.25) is 5.91 Å². The van der Waals surface area contributed by atoms with E-state index in [0.29, 0.717) is 12.0 Å². The van der Waals surface area contributed by atoms with Crippen LogP contribution in [0.3, 0.4) is 0 Å². The number of hydrogen-bond acceptors (Lipinski definition) is 3. The Kier molecular flexibility index (Phi) is 5.61. The number of benzene rings is 2. The number of nitrogens with zero attached hydrogens (tertiary/aromatic N) is 2. The maximum Gasteiger partial charge on any atom is 0.219 e. The van der Waals surface area contributed by atoms with Crippen molar-refractivity contribution >= 4 is 17.5 Å². The summed E-state index contributed by atoms with van der Waals surface area (Å²) in [5.74, 6) is 1.33. The van der Waals surface area contributed by atoms with Crippen molar-refractivity contribution in [2.24, 2.45) is 0 Å². The minimum absolute atomic E-state index is 0.172. The van der Waals surface area contributed by atoms with E-state index in [9.17, 15) is 4.79 Å². The summed E-state index contributed by atoms with van der Waals surface area (Å²) in [5.41, 5.74) is 2.42. The van der Waals surface area contributed by atoms with E-state index in [2.05, 4.69) is 28.0 Å². The molecule has 1 amide bonds. The number of ether oxygens (including phenoxy) is 1. The molecule has 2 heterocycles. The van der Waals surface area contributed by atoms with Gasteiger partial charge in [0, 0.05) is 43.0 Å². The Hall–Kier alpha value is -2.04. The average molecular weight is 399 g/mol. The molecule has 0 N–H and O–H groups in total. The van der Waals surface area contributed by atoms with Crippen LogP contribution in [0.5, 0.6) is 5.75 Å². The van der Waals surface area contributed by atoms with Crippen LogP contribution in [-0.2, 0) is 11.3 Å². The van der Waals surface area contributed by atoms with Gasteiger partial charge in [-0.25, -0.2) is 0 Å². The summed E-state index contributed by atoms with van der Waals surface area (Å²) in [6.07, 6.45) is 2.17. The van der Waals surface area contributed by atoms with Crippen molar-refractivity contribution in [3.63, 3.8) is 0 Å². The predicted octanol–water partition coefficient (Wildman–Crippen LogP) is 4.33. The molecule has 0 radical (unpaired) electrons. The number of methoxy groups -OCH3 is 1. The van der Waals surface area contributed by atoms with Crippen molar-refractivity contribution in [2.75, 3.05) is 20.2 Å². The molecule has 2 aromatic rings. The Labute approximate surface area is 172 Å². The van der Waals surface area contributed by atoms with Gasteiger partial charge >= 0.3 is 0 Å². The van der Waals surface area contributed by atoms with E-state index in [1.54, 1.807) is 14.0 Å². The van der Waals surface area contributed by atoms with Crippen LogP contribution < -0.4 is 4.74 Å². The summed E-state index contributed by atoms with van der Waals surface area (Å²) in [5, 5.41) is 0.812. The predicted molar refractivity (Wildman–Crippen MR) is 112 cm³/mol. The summed E-state index contributed by atoms with van der Waals surface area (Å²) in [6, 6.07) is 17.0. The van der Waals surface area contributed by atoms with E-state index in [-0.39, 0.29) is 11.9 Å². The summed E-state index contributed by atoms with van der Waals surface area (Å²) in [6.45, 7) is 4.32. The van der Waals surface area contributed by atoms with Gasteiger partial charge in [0.25, 0.3) is 0 Å². The Morgan fingerprint density at radius 2 is 1.93 bits per heavy atom. The van der Waals surface area contributed by atoms with Crippen molar-refractivity contribution in [3.8, 4) is 5.75 Å². The van der Waals surface area contributed by atoms with Gasteiger partial charge in [-0.1, -0.05) is 41.9 Å². The fourth-order valence-corrected chi connectivity index (χ4v) is 5.13. The van der Waals surface area contributed by atoms with Crippen molar-refractivity contribution < 1.29 is 9.53 Å². The van der Waals surface area contributed by atoms with E-state index >= 15 is 0 Å². The van der Waals surface area contributed by atoms with Gasteiger partial charge < -0.3 is 9.64 Å². The van der Waals surface area contributed by atoms with Crippen molar-refractivity contribution in [3.05, 3.63) is 64.7 Å². The first-order valence-electron chi connectivity index (χ1n) is 9.97. The third-order valence-corrected chi connectivity index (χ3v) is 6.62. The van der Waals surface area contributed by atoms with E-state index in [1.165, 1.54) is 5.56 Å². The molecule has 5 heteroatoms. The number of carbonyl (C=O) groups excluding carboxylic acids is 1. The lowest BCUT2D eigenvalue weighted by molar-refractivity contribution is -0.130. The lowest BCUT2D eigenvalue weighted by atomic mass is 9.85. The highest BCUT2D eigenvalue weighted by molar-refractivity contribution is 6.31. The first kappa shape index (κ1) is 19.3. The summed E-state index contributed by atoms with van der Waals surface area (Å²) < 4.78 is 5.32. The van der Waals surface area contributed by atoms with Crippen LogP contribution in [0.4, 0.5) is 0 Å². The van der Waals surface area contributed by atoms with Crippen molar-refractivity contribution in [1.29, 1.82) is 0 Å². The van der Waals surface area contributed by atoms with Gasteiger partial charge in [0.05, 0.1) is 7.11 Å². The molecule has 2 aliphatic heterocycles. The molecule has 0 bridgehead atoms. The van der Waals surface area contributed by atoms with Crippen molar-refractivity contribution in [2.45, 2.75) is 44.3 Å². The van der Waals surface area contributed by atoms with Crippen molar-refractivity contribution in [1.82, 2.24) is 9.80 Å². The molecule has 0 saturated carbocycles. The molecule has 0 unspecified atom stereocenters. The summed E-state index contributed by atoms with van der Waals surface area (Å²) in [4.78, 5) is 17.0. The molecule has 28 heavy (non-hydrogen) atoms. The van der Waals surface area contributed by atoms with Crippen LogP contribution in [0, 0.1) is 0 Å². The van der Waals surface area contributed by atoms with Crippen LogP contribution in [0.25, 0.3) is 0 Å². The standard InChI is InChI=1S/C23H27ClN2O2/c1-16(27)26-15-20(17-9-11-19(28-2)12-10-17)23-22(26)8-5-13-25(23)14-18-6-3-4-7-21(18)24/h3-4,6-7,9-12,20,22-23H,5,8,13-15H2,1-2H3/t20-,22-,23-/m1/s1. The Morgan fingerprint density at radius 1 is 1.18 bits per heavy atom. The van der Waals surface area contributed by atoms with Gasteiger partial charge in [-0.05, 0) is 48.7 Å². The summed E-state index contributed by atoms with van der Waals surface area (Å²) in [7, 11) is 1.69. The van der Waals surface area contributed by atoms with E-state index in [4.69, 9.17) is 16.3 Å². The molecule has 0 aromatic heterocycles. The Balaban J connectivity index is 1.66. The SMILES string of the molecule is COc1ccc([C@H]2CN(C(C)=O)[C@@H]3CCCN(Cc4ccccc4Cl)[C@H]23)cc1. The maximum absolute atomic E-state index is 12.4. The number of amides is 1. The Morgan fingerprint density at radius 3 is 2.61 bits per heavy atom. The molecule has 4 rings (SSSR count). The number of fused-ring (bicyclic) bond motifs is 1. The third-order valence-electron chi connectivity index (χ3n) is 6.25. The molecule has 148 valence electrons. The average Bonchev–Trinajstić information content (AvgIpc) is 3.11. The van der Waals surface area contributed by atoms with Gasteiger partial charge in [0.15, 0.2) is 0 Å². The van der Waals surface area contributed by atoms with E-state index < -0.39 is 0 Å². The van der Waals surface area contributed by atoms with Crippen LogP contribution in [0.2, 0.25) is 5.02 Å². The molecule has 0 spiro atoms. The van der Waals surface area contributed by atoms with Crippen LogP contribution in [0.1, 0.15) is 36.8 Å². The lowest BCUT2D eigenvalue weighted by Gasteiger charge is -2.41. The molecule has 0 aliphatic carbocycles. The zero-order valence-electron chi connectivity index (χ0n) is 16.5. The van der Waals surface area contributed by atoms with E-state index in [0.717, 1.165) is 48.8 Å². The zero-order valence-corrected chi connectivity index (χ0v) is 17.2. The highest BCUT2D eigenvalue weighted by atomic mass is 35.5. The van der Waals surface area contributed by atoms with Gasteiger partial charge in [0.1, 0.15) is 5.75 Å². The molecule has 2 saturated heterocycles. The lowest BCUT2D eigenvalue weighted by Crippen LogP contribution is -2.51. The second kappa shape index (κ2) is 8.14. The fourth-order valence-electron chi connectivity index (χ4n) is 4.93. The molecule has 2 aromatic carbocycles. The molecular weight excluding hydrogens is 372 g/mol. The normalized spacial score (nSPS) is 24.8. The molecule has 2 aliphatic rings. The molecular formula is C23H27ClN2O2. The molecule has 4 nitrogen and oxygen atoms in total. The van der Waals surface area contributed by atoms with E-state index in [1.807, 2.05) is 30.3 Å². The zero-order chi connectivity index (χ0) is 19.7. The quantitative estimate of drug-likeness (QED) is 0.768. The van der Waals surface area contributed by atoms with Crippen LogP contribution >= 0.6 is 11.6 Å². The molecule has 2 fully saturated rings. The fraction of sp³-hybridized carbons (Fsp3) is 0.435. The minimum atomic E-state index is 0.172. The monoisotopic (exact) mass is 398 g/mol. The number of halogens is 1. The van der Waals surface area contributed by atoms with Crippen LogP contribution in [0.15, 0.2) is 48.5 Å². The van der Waals surface area contributed by atoms with Crippen LogP contribution in [-0.4, -0.2) is 48.0 Å². The van der Waals surface area contributed by atoms with Gasteiger partial charge in [-0.3, -0.25) is 9.69 Å². The number of piperidine rings is 1.